The van der Waals surface area contributed by atoms with Gasteiger partial charge < -0.3 is 29.9 Å². The maximum atomic E-state index is 12.3. The van der Waals surface area contributed by atoms with E-state index < -0.39 is 43.3 Å². The number of hydrogen-bond acceptors (Lipinski definition) is 7. The molecule has 1 fully saturated rings. The van der Waals surface area contributed by atoms with E-state index in [9.17, 15) is 25.2 Å². The fraction of sp³-hybridized carbons (Fsp3) is 0.960. The minimum Gasteiger partial charge on any atom is -0.433 e. The third-order valence-electron chi connectivity index (χ3n) is 6.47. The van der Waals surface area contributed by atoms with E-state index in [0.717, 1.165) is 12.8 Å². The highest BCUT2D eigenvalue weighted by molar-refractivity contribution is 5.72. The summed E-state index contributed by atoms with van der Waals surface area (Å²) >= 11 is 0. The van der Waals surface area contributed by atoms with Crippen molar-refractivity contribution in [2.75, 3.05) is 6.61 Å². The lowest BCUT2D eigenvalue weighted by Gasteiger charge is -2.39. The Hall–Kier alpha value is -0.730. The third-order valence-corrected chi connectivity index (χ3v) is 6.47. The van der Waals surface area contributed by atoms with Crippen LogP contribution in [0.4, 0.5) is 0 Å². The average molecular weight is 461 g/mol. The molecule has 32 heavy (non-hydrogen) atoms. The van der Waals surface area contributed by atoms with Gasteiger partial charge in [0.05, 0.1) is 12.5 Å². The normalized spacial score (nSPS) is 26.8. The molecule has 0 aromatic rings. The molecule has 190 valence electrons. The van der Waals surface area contributed by atoms with Crippen molar-refractivity contribution < 1.29 is 34.7 Å². The summed E-state index contributed by atoms with van der Waals surface area (Å²) in [5.74, 6) is -0.858. The van der Waals surface area contributed by atoms with E-state index in [2.05, 4.69) is 6.92 Å². The molecule has 1 rings (SSSR count). The van der Waals surface area contributed by atoms with Gasteiger partial charge in [0, 0.05) is 0 Å². The smallest absolute Gasteiger partial charge is 0.311 e. The summed E-state index contributed by atoms with van der Waals surface area (Å²) in [5.41, 5.74) is 0. The van der Waals surface area contributed by atoms with Gasteiger partial charge in [0.15, 0.2) is 0 Å². The molecule has 7 heteroatoms. The van der Waals surface area contributed by atoms with Crippen LogP contribution in [0, 0.1) is 5.92 Å². The van der Waals surface area contributed by atoms with E-state index in [1.165, 1.54) is 77.0 Å². The number of hydrogen-bond donors (Lipinski definition) is 4. The van der Waals surface area contributed by atoms with Crippen LogP contribution >= 0.6 is 0 Å². The zero-order valence-electron chi connectivity index (χ0n) is 20.3. The first-order valence-electron chi connectivity index (χ1n) is 12.9. The van der Waals surface area contributed by atoms with Crippen LogP contribution in [-0.2, 0) is 14.3 Å². The van der Waals surface area contributed by atoms with E-state index in [1.807, 2.05) is 0 Å². The molecule has 0 radical (unpaired) electrons. The van der Waals surface area contributed by atoms with Gasteiger partial charge in [-0.2, -0.15) is 0 Å². The Balaban J connectivity index is 2.04. The Kier molecular flexibility index (Phi) is 16.2. The first-order valence-corrected chi connectivity index (χ1v) is 12.9. The Labute approximate surface area is 194 Å². The second-order valence-electron chi connectivity index (χ2n) is 9.42. The van der Waals surface area contributed by atoms with Crippen molar-refractivity contribution >= 4 is 5.97 Å². The second-order valence-corrected chi connectivity index (χ2v) is 9.42. The van der Waals surface area contributed by atoms with E-state index in [-0.39, 0.29) is 5.92 Å². The molecule has 4 N–H and O–H groups in total. The van der Waals surface area contributed by atoms with Crippen molar-refractivity contribution in [3.63, 3.8) is 0 Å². The van der Waals surface area contributed by atoms with Crippen molar-refractivity contribution in [2.24, 2.45) is 5.92 Å². The summed E-state index contributed by atoms with van der Waals surface area (Å²) in [6.45, 7) is 3.48. The quantitative estimate of drug-likeness (QED) is 0.181. The summed E-state index contributed by atoms with van der Waals surface area (Å²) in [4.78, 5) is 12.3. The van der Waals surface area contributed by atoms with Gasteiger partial charge in [-0.1, -0.05) is 104 Å². The Bertz CT molecular complexity index is 471. The zero-order chi connectivity index (χ0) is 23.8. The molecule has 0 spiro atoms. The topological polar surface area (TPSA) is 116 Å². The number of aliphatic hydroxyl groups excluding tert-OH is 4. The fourth-order valence-corrected chi connectivity index (χ4v) is 4.16. The highest BCUT2D eigenvalue weighted by Crippen LogP contribution is 2.23. The van der Waals surface area contributed by atoms with E-state index in [0.29, 0.717) is 6.42 Å². The Morgan fingerprint density at radius 3 is 1.72 bits per heavy atom. The highest BCUT2D eigenvalue weighted by Gasteiger charge is 2.45. The van der Waals surface area contributed by atoms with E-state index in [1.54, 1.807) is 6.92 Å². The Morgan fingerprint density at radius 1 is 0.781 bits per heavy atom. The van der Waals surface area contributed by atoms with Crippen LogP contribution in [0.3, 0.4) is 0 Å². The number of esters is 1. The first-order chi connectivity index (χ1) is 15.4. The first kappa shape index (κ1) is 29.3. The SMILES string of the molecule is CCCCCCCCCCCCCCCCC(C)C(=O)OC1O[C@H](CO)[C@@H](O)[C@H](O)[C@H]1O. The van der Waals surface area contributed by atoms with Crippen LogP contribution < -0.4 is 0 Å². The molecule has 0 bridgehead atoms. The lowest BCUT2D eigenvalue weighted by atomic mass is 9.99. The maximum Gasteiger partial charge on any atom is 0.311 e. The monoisotopic (exact) mass is 460 g/mol. The molecule has 0 saturated carbocycles. The van der Waals surface area contributed by atoms with Crippen molar-refractivity contribution in [2.45, 2.75) is 141 Å². The van der Waals surface area contributed by atoms with Gasteiger partial charge in [0.1, 0.15) is 24.4 Å². The second kappa shape index (κ2) is 17.7. The summed E-state index contributed by atoms with van der Waals surface area (Å²) < 4.78 is 10.4. The van der Waals surface area contributed by atoms with Crippen molar-refractivity contribution in [3.8, 4) is 0 Å². The van der Waals surface area contributed by atoms with Crippen molar-refractivity contribution in [1.29, 1.82) is 0 Å². The third kappa shape index (κ3) is 11.4. The predicted molar refractivity (Wildman–Crippen MR) is 124 cm³/mol. The fourth-order valence-electron chi connectivity index (χ4n) is 4.16. The van der Waals surface area contributed by atoms with E-state index >= 15 is 0 Å². The molecule has 1 aliphatic rings. The number of carbonyl (C=O) groups is 1. The lowest BCUT2D eigenvalue weighted by Crippen LogP contribution is -2.59. The molecule has 0 amide bonds. The van der Waals surface area contributed by atoms with Crippen molar-refractivity contribution in [1.82, 2.24) is 0 Å². The zero-order valence-corrected chi connectivity index (χ0v) is 20.3. The van der Waals surface area contributed by atoms with Crippen molar-refractivity contribution in [3.05, 3.63) is 0 Å². The maximum absolute atomic E-state index is 12.3. The Morgan fingerprint density at radius 2 is 1.25 bits per heavy atom. The predicted octanol–water partition coefficient (Wildman–Crippen LogP) is 3.84. The van der Waals surface area contributed by atoms with Gasteiger partial charge in [0.2, 0.25) is 6.29 Å². The minimum atomic E-state index is -1.55. The number of aliphatic hydroxyl groups is 4. The molecule has 1 saturated heterocycles. The number of rotatable bonds is 18. The number of carbonyl (C=O) groups excluding carboxylic acids is 1. The van der Waals surface area contributed by atoms with Crippen LogP contribution in [0.25, 0.3) is 0 Å². The lowest BCUT2D eigenvalue weighted by molar-refractivity contribution is -0.293. The molecular formula is C25H48O7. The standard InChI is InChI=1S/C25H48O7/c1-3-4-5-6-7-8-9-10-11-12-13-14-15-16-17-19(2)24(30)32-25-23(29)22(28)21(27)20(18-26)31-25/h19-23,25-29H,3-18H2,1-2H3/t19?,20-,21-,22+,23-,25?/m1/s1. The van der Waals surface area contributed by atoms with Crippen LogP contribution in [0.1, 0.15) is 110 Å². The van der Waals surface area contributed by atoms with Gasteiger partial charge in [-0.15, -0.1) is 0 Å². The van der Waals surface area contributed by atoms with Gasteiger partial charge in [0.25, 0.3) is 0 Å². The summed E-state index contributed by atoms with van der Waals surface area (Å²) in [6, 6.07) is 0. The summed E-state index contributed by atoms with van der Waals surface area (Å²) in [7, 11) is 0. The minimum absolute atomic E-state index is 0.348. The van der Waals surface area contributed by atoms with Gasteiger partial charge in [-0.05, 0) is 6.42 Å². The summed E-state index contributed by atoms with van der Waals surface area (Å²) in [6.07, 6.45) is 11.6. The van der Waals surface area contributed by atoms with Gasteiger partial charge in [-0.3, -0.25) is 4.79 Å². The molecule has 0 aliphatic carbocycles. The molecule has 0 aromatic heterocycles. The van der Waals surface area contributed by atoms with Crippen LogP contribution in [0.5, 0.6) is 0 Å². The van der Waals surface area contributed by atoms with Gasteiger partial charge in [-0.25, -0.2) is 0 Å². The molecule has 7 nitrogen and oxygen atoms in total. The number of unbranched alkanes of at least 4 members (excludes halogenated alkanes) is 13. The molecule has 0 aromatic carbocycles. The number of ether oxygens (including phenoxy) is 2. The van der Waals surface area contributed by atoms with Gasteiger partial charge >= 0.3 is 5.97 Å². The van der Waals surface area contributed by atoms with Crippen LogP contribution in [0.15, 0.2) is 0 Å². The molecule has 2 unspecified atom stereocenters. The molecule has 6 atom stereocenters. The largest absolute Gasteiger partial charge is 0.433 e. The van der Waals surface area contributed by atoms with Crippen LogP contribution in [-0.4, -0.2) is 63.7 Å². The molecule has 1 heterocycles. The van der Waals surface area contributed by atoms with Crippen LogP contribution in [0.2, 0.25) is 0 Å². The highest BCUT2D eigenvalue weighted by atomic mass is 16.7. The molecular weight excluding hydrogens is 412 g/mol. The molecule has 1 aliphatic heterocycles. The average Bonchev–Trinajstić information content (AvgIpc) is 2.79. The summed E-state index contributed by atoms with van der Waals surface area (Å²) in [5, 5.41) is 38.7. The van der Waals surface area contributed by atoms with E-state index in [4.69, 9.17) is 9.47 Å².